The predicted molar refractivity (Wildman–Crippen MR) is 65.5 cm³/mol. The Morgan fingerprint density at radius 2 is 1.69 bits per heavy atom. The van der Waals surface area contributed by atoms with E-state index in [9.17, 15) is 0 Å². The molecule has 0 aromatic carbocycles. The lowest BCUT2D eigenvalue weighted by molar-refractivity contribution is 0.398. The number of nitrogens with zero attached hydrogens (tertiary/aromatic N) is 1. The van der Waals surface area contributed by atoms with E-state index in [0.29, 0.717) is 9.52 Å². The van der Waals surface area contributed by atoms with E-state index in [4.69, 9.17) is 0 Å². The highest BCUT2D eigenvalue weighted by molar-refractivity contribution is 6.35. The molecule has 1 aliphatic heterocycles. The van der Waals surface area contributed by atoms with Gasteiger partial charge in [-0.15, -0.1) is 0 Å². The lowest BCUT2D eigenvalue weighted by Crippen LogP contribution is -2.12. The molecule has 1 rings (SSSR count). The molecule has 0 spiro atoms. The van der Waals surface area contributed by atoms with Crippen molar-refractivity contribution in [1.29, 1.82) is 0 Å². The van der Waals surface area contributed by atoms with Crippen LogP contribution in [0.3, 0.4) is 0 Å². The summed E-state index contributed by atoms with van der Waals surface area (Å²) >= 11 is 0. The molecule has 1 aliphatic rings. The van der Waals surface area contributed by atoms with Crippen LogP contribution in [0.4, 0.5) is 0 Å². The van der Waals surface area contributed by atoms with Crippen molar-refractivity contribution in [3.05, 3.63) is 0 Å². The Bertz CT molecular complexity index is 78.6. The average molecular weight is 201 g/mol. The van der Waals surface area contributed by atoms with Crippen LogP contribution in [0.15, 0.2) is 0 Å². The second-order valence-corrected chi connectivity index (χ2v) is 6.40. The summed E-state index contributed by atoms with van der Waals surface area (Å²) in [7, 11) is 4.72. The van der Waals surface area contributed by atoms with Gasteiger partial charge in [0.2, 0.25) is 0 Å². The summed E-state index contributed by atoms with van der Waals surface area (Å²) in [4.78, 5) is 2.21. The van der Waals surface area contributed by atoms with Gasteiger partial charge < -0.3 is 4.90 Å². The van der Waals surface area contributed by atoms with Crippen molar-refractivity contribution in [3.8, 4) is 0 Å². The zero-order valence-corrected chi connectivity index (χ0v) is 11.2. The normalized spacial score (nSPS) is 16.6. The van der Waals surface area contributed by atoms with Crippen molar-refractivity contribution < 1.29 is 0 Å². The first-order valence-corrected chi connectivity index (χ1v) is 7.92. The molecule has 80 valence electrons. The summed E-state index contributed by atoms with van der Waals surface area (Å²) in [5.74, 6) is 0. The molecule has 0 aromatic rings. The van der Waals surface area contributed by atoms with Gasteiger partial charge in [0.05, 0.1) is 0 Å². The van der Waals surface area contributed by atoms with Crippen molar-refractivity contribution in [3.63, 3.8) is 0 Å². The van der Waals surface area contributed by atoms with E-state index >= 15 is 0 Å². The van der Waals surface area contributed by atoms with Crippen LogP contribution in [-0.4, -0.2) is 35.1 Å². The van der Waals surface area contributed by atoms with Gasteiger partial charge in [-0.2, -0.15) is 0 Å². The molecule has 1 fully saturated rings. The van der Waals surface area contributed by atoms with Crippen molar-refractivity contribution in [1.82, 2.24) is 4.90 Å². The van der Waals surface area contributed by atoms with Gasteiger partial charge in [-0.25, -0.2) is 0 Å². The number of hydrogen-bond donors (Lipinski definition) is 0. The summed E-state index contributed by atoms with van der Waals surface area (Å²) in [6.07, 6.45) is 7.29. The molecule has 0 unspecified atom stereocenters. The highest BCUT2D eigenvalue weighted by atomic mass is 28.2. The lowest BCUT2D eigenvalue weighted by Gasteiger charge is -2.05. The van der Waals surface area contributed by atoms with Crippen molar-refractivity contribution in [2.45, 2.75) is 51.1 Å². The molecule has 0 amide bonds. The van der Waals surface area contributed by atoms with Crippen LogP contribution in [0.25, 0.3) is 0 Å². The molecule has 0 atom stereocenters. The molecule has 2 heteroatoms. The third-order valence-electron chi connectivity index (χ3n) is 2.46. The maximum Gasteiger partial charge on any atom is 0.0197 e. The Morgan fingerprint density at radius 3 is 1.85 bits per heavy atom. The predicted octanol–water partition coefficient (Wildman–Crippen LogP) is 2.52. The highest BCUT2D eigenvalue weighted by Gasteiger charge is 1.96. The van der Waals surface area contributed by atoms with Crippen LogP contribution in [0.2, 0.25) is 12.1 Å². The molecule has 1 heterocycles. The van der Waals surface area contributed by atoms with E-state index in [1.807, 2.05) is 0 Å². The van der Waals surface area contributed by atoms with E-state index in [2.05, 4.69) is 25.9 Å². The lowest BCUT2D eigenvalue weighted by atomic mass is 10.3. The van der Waals surface area contributed by atoms with E-state index in [1.165, 1.54) is 25.8 Å². The average Bonchev–Trinajstić information content (AvgIpc) is 2.18. The quantitative estimate of drug-likeness (QED) is 0.634. The Labute approximate surface area is 86.7 Å². The standard InChI is InChI=1S/C6H15N.C5H12Si/c1-4-5-6-7(2)3;1-2-4-6-5-3-1/h4-6H2,1-3H3;1-6H2. The molecule has 0 saturated carbocycles. The minimum absolute atomic E-state index is 0.508. The van der Waals surface area contributed by atoms with Gasteiger partial charge in [-0.3, -0.25) is 0 Å². The first-order valence-electron chi connectivity index (χ1n) is 5.92. The third kappa shape index (κ3) is 12.2. The number of unbranched alkanes of at least 4 members (excludes halogenated alkanes) is 1. The van der Waals surface area contributed by atoms with Gasteiger partial charge in [0.15, 0.2) is 0 Å². The van der Waals surface area contributed by atoms with Crippen LogP contribution < -0.4 is 0 Å². The van der Waals surface area contributed by atoms with Crippen LogP contribution in [-0.2, 0) is 0 Å². The fourth-order valence-electron chi connectivity index (χ4n) is 1.54. The molecule has 0 aliphatic carbocycles. The fraction of sp³-hybridized carbons (Fsp3) is 1.00. The molecular weight excluding hydrogens is 174 g/mol. The molecule has 0 radical (unpaired) electrons. The highest BCUT2D eigenvalue weighted by Crippen LogP contribution is 2.10. The van der Waals surface area contributed by atoms with E-state index < -0.39 is 0 Å². The Morgan fingerprint density at radius 1 is 1.08 bits per heavy atom. The third-order valence-corrected chi connectivity index (χ3v) is 4.46. The molecule has 0 bridgehead atoms. The monoisotopic (exact) mass is 201 g/mol. The van der Waals surface area contributed by atoms with Gasteiger partial charge in [0.25, 0.3) is 0 Å². The van der Waals surface area contributed by atoms with Gasteiger partial charge in [0, 0.05) is 9.52 Å². The fourth-order valence-corrected chi connectivity index (χ4v) is 3.30. The summed E-state index contributed by atoms with van der Waals surface area (Å²) in [5.41, 5.74) is 0. The Hall–Kier alpha value is 0.177. The van der Waals surface area contributed by atoms with Crippen LogP contribution in [0.5, 0.6) is 0 Å². The maximum absolute atomic E-state index is 2.21. The molecule has 13 heavy (non-hydrogen) atoms. The second kappa shape index (κ2) is 10.3. The largest absolute Gasteiger partial charge is 0.309 e. The van der Waals surface area contributed by atoms with Gasteiger partial charge in [0.1, 0.15) is 0 Å². The van der Waals surface area contributed by atoms with E-state index in [0.717, 1.165) is 0 Å². The molecule has 0 aromatic heterocycles. The Balaban J connectivity index is 0.000000223. The van der Waals surface area contributed by atoms with Crippen molar-refractivity contribution >= 4 is 9.52 Å². The first kappa shape index (κ1) is 13.2. The summed E-state index contributed by atoms with van der Waals surface area (Å²) in [6.45, 7) is 3.44. The summed E-state index contributed by atoms with van der Waals surface area (Å²) < 4.78 is 0. The van der Waals surface area contributed by atoms with Gasteiger partial charge >= 0.3 is 0 Å². The van der Waals surface area contributed by atoms with Crippen LogP contribution in [0, 0.1) is 0 Å². The van der Waals surface area contributed by atoms with Gasteiger partial charge in [-0.05, 0) is 27.1 Å². The molecular formula is C11H27NSi. The van der Waals surface area contributed by atoms with Crippen LogP contribution in [0.1, 0.15) is 39.0 Å². The zero-order chi connectivity index (χ0) is 9.94. The first-order chi connectivity index (χ1) is 6.27. The topological polar surface area (TPSA) is 3.24 Å². The molecule has 0 N–H and O–H groups in total. The minimum Gasteiger partial charge on any atom is -0.309 e. The maximum atomic E-state index is 2.21. The Kier molecular flexibility index (Phi) is 10.4. The molecule has 1 saturated heterocycles. The smallest absolute Gasteiger partial charge is 0.0197 e. The van der Waals surface area contributed by atoms with Crippen LogP contribution >= 0.6 is 0 Å². The van der Waals surface area contributed by atoms with Gasteiger partial charge in [-0.1, -0.05) is 44.7 Å². The van der Waals surface area contributed by atoms with E-state index in [1.54, 1.807) is 24.9 Å². The zero-order valence-electron chi connectivity index (χ0n) is 9.81. The van der Waals surface area contributed by atoms with E-state index in [-0.39, 0.29) is 0 Å². The van der Waals surface area contributed by atoms with Crippen molar-refractivity contribution in [2.24, 2.45) is 0 Å². The number of hydrogen-bond acceptors (Lipinski definition) is 1. The number of rotatable bonds is 3. The summed E-state index contributed by atoms with van der Waals surface area (Å²) in [6, 6.07) is 3.28. The minimum atomic E-state index is 0.508. The SMILES string of the molecule is C1CC[SiH2]CC1.CCCCN(C)C. The second-order valence-electron chi connectivity index (χ2n) is 4.28. The molecule has 1 nitrogen and oxygen atoms in total. The van der Waals surface area contributed by atoms with Crippen molar-refractivity contribution in [2.75, 3.05) is 20.6 Å². The summed E-state index contributed by atoms with van der Waals surface area (Å²) in [5, 5.41) is 0.